The number of ketones is 1. The molecule has 1 aromatic carbocycles. The third-order valence-corrected chi connectivity index (χ3v) is 4.65. The van der Waals surface area contributed by atoms with E-state index in [0.717, 1.165) is 12.5 Å². The van der Waals surface area contributed by atoms with Gasteiger partial charge in [0.25, 0.3) is 0 Å². The summed E-state index contributed by atoms with van der Waals surface area (Å²) >= 11 is 0. The third kappa shape index (κ3) is 3.44. The Kier molecular flexibility index (Phi) is 4.27. The Morgan fingerprint density at radius 3 is 3.00 bits per heavy atom. The topological polar surface area (TPSA) is 49.8 Å². The molecule has 3 atom stereocenters. The Balaban J connectivity index is 1.48. The fraction of sp³-hybridized carbons (Fsp3) is 0.588. The van der Waals surface area contributed by atoms with Crippen LogP contribution in [0.25, 0.3) is 0 Å². The van der Waals surface area contributed by atoms with Crippen LogP contribution in [-0.4, -0.2) is 47.6 Å². The molecule has 1 N–H and O–H groups in total. The molecule has 4 heteroatoms. The number of carbonyl (C=O) groups is 1. The lowest BCUT2D eigenvalue weighted by molar-refractivity contribution is 0.0573. The van der Waals surface area contributed by atoms with Gasteiger partial charge < -0.3 is 9.84 Å². The maximum atomic E-state index is 11.3. The van der Waals surface area contributed by atoms with Crippen molar-refractivity contribution in [3.8, 4) is 5.75 Å². The summed E-state index contributed by atoms with van der Waals surface area (Å²) in [6.07, 6.45) is 3.45. The number of ether oxygens (including phenoxy) is 1. The number of β-amino-alcohol motifs (C(OH)–C–C–N with tert-alkyl or cyclic N) is 1. The minimum absolute atomic E-state index is 0.0223. The summed E-state index contributed by atoms with van der Waals surface area (Å²) in [6, 6.07) is 7.79. The molecule has 1 aliphatic carbocycles. The van der Waals surface area contributed by atoms with Crippen LogP contribution in [0.15, 0.2) is 24.3 Å². The van der Waals surface area contributed by atoms with E-state index in [2.05, 4.69) is 4.90 Å². The molecule has 4 nitrogen and oxygen atoms in total. The fourth-order valence-corrected chi connectivity index (χ4v) is 3.57. The lowest BCUT2D eigenvalue weighted by Crippen LogP contribution is -2.40. The first-order valence-electron chi connectivity index (χ1n) is 7.77. The monoisotopic (exact) mass is 289 g/mol. The predicted octanol–water partition coefficient (Wildman–Crippen LogP) is 2.11. The van der Waals surface area contributed by atoms with Crippen molar-refractivity contribution >= 4 is 5.78 Å². The van der Waals surface area contributed by atoms with Crippen LogP contribution in [0, 0.1) is 5.92 Å². The number of likely N-dealkylation sites (tertiary alicyclic amines) is 1. The number of hydrogen-bond donors (Lipinski definition) is 1. The molecule has 114 valence electrons. The Morgan fingerprint density at radius 1 is 1.48 bits per heavy atom. The maximum Gasteiger partial charge on any atom is 0.159 e. The van der Waals surface area contributed by atoms with E-state index in [4.69, 9.17) is 4.74 Å². The van der Waals surface area contributed by atoms with E-state index in [9.17, 15) is 9.90 Å². The summed E-state index contributed by atoms with van der Waals surface area (Å²) < 4.78 is 5.62. The van der Waals surface area contributed by atoms with Gasteiger partial charge in [0.15, 0.2) is 5.78 Å². The molecular weight excluding hydrogens is 266 g/mol. The summed E-state index contributed by atoms with van der Waals surface area (Å²) in [5.74, 6) is 1.51. The number of piperidine rings is 1. The number of hydrogen-bond acceptors (Lipinski definition) is 4. The lowest BCUT2D eigenvalue weighted by atomic mass is 10.1. The predicted molar refractivity (Wildman–Crippen MR) is 80.7 cm³/mol. The van der Waals surface area contributed by atoms with E-state index in [1.54, 1.807) is 18.2 Å². The van der Waals surface area contributed by atoms with Crippen molar-refractivity contribution in [3.05, 3.63) is 29.8 Å². The van der Waals surface area contributed by atoms with Crippen molar-refractivity contribution in [1.82, 2.24) is 4.90 Å². The standard InChI is InChI=1S/C17H23NO3/c1-12(19)14-3-2-4-17(8-14)21-11-16(20)10-18-9-13-5-6-15(18)7-13/h2-4,8,13,15-16,20H,5-7,9-11H2,1H3. The summed E-state index contributed by atoms with van der Waals surface area (Å²) in [6.45, 7) is 3.63. The second kappa shape index (κ2) is 6.16. The first-order valence-corrected chi connectivity index (χ1v) is 7.77. The lowest BCUT2D eigenvalue weighted by Gasteiger charge is -2.28. The fourth-order valence-electron chi connectivity index (χ4n) is 3.57. The van der Waals surface area contributed by atoms with Crippen molar-refractivity contribution in [2.75, 3.05) is 19.7 Å². The summed E-state index contributed by atoms with van der Waals surface area (Å²) in [4.78, 5) is 13.7. The molecule has 3 rings (SSSR count). The molecule has 3 unspecified atom stereocenters. The Bertz CT molecular complexity index is 517. The highest BCUT2D eigenvalue weighted by molar-refractivity contribution is 5.94. The maximum absolute atomic E-state index is 11.3. The number of rotatable bonds is 6. The largest absolute Gasteiger partial charge is 0.491 e. The van der Waals surface area contributed by atoms with Gasteiger partial charge >= 0.3 is 0 Å². The highest BCUT2D eigenvalue weighted by Gasteiger charge is 2.38. The average Bonchev–Trinajstić information content (AvgIpc) is 3.08. The number of benzene rings is 1. The van der Waals surface area contributed by atoms with E-state index in [0.29, 0.717) is 23.9 Å². The van der Waals surface area contributed by atoms with Gasteiger partial charge in [-0.3, -0.25) is 9.69 Å². The second-order valence-electron chi connectivity index (χ2n) is 6.34. The summed E-state index contributed by atoms with van der Waals surface area (Å²) in [5, 5.41) is 10.1. The summed E-state index contributed by atoms with van der Waals surface area (Å²) in [7, 11) is 0. The van der Waals surface area contributed by atoms with Crippen LogP contribution >= 0.6 is 0 Å². The number of fused-ring (bicyclic) bond motifs is 2. The minimum Gasteiger partial charge on any atom is -0.491 e. The van der Waals surface area contributed by atoms with Gasteiger partial charge in [-0.2, -0.15) is 0 Å². The molecule has 1 saturated heterocycles. The molecule has 2 aliphatic rings. The van der Waals surface area contributed by atoms with Gasteiger partial charge in [-0.15, -0.1) is 0 Å². The highest BCUT2D eigenvalue weighted by atomic mass is 16.5. The number of carbonyl (C=O) groups excluding carboxylic acids is 1. The van der Waals surface area contributed by atoms with Crippen molar-refractivity contribution in [2.24, 2.45) is 5.92 Å². The first-order chi connectivity index (χ1) is 10.1. The molecule has 21 heavy (non-hydrogen) atoms. The van der Waals surface area contributed by atoms with Crippen LogP contribution in [0.5, 0.6) is 5.75 Å². The number of aliphatic hydroxyl groups excluding tert-OH is 1. The Hall–Kier alpha value is -1.39. The number of aliphatic hydroxyl groups is 1. The van der Waals surface area contributed by atoms with E-state index in [1.165, 1.54) is 26.2 Å². The van der Waals surface area contributed by atoms with Gasteiger partial charge in [0, 0.05) is 24.7 Å². The Labute approximate surface area is 125 Å². The van der Waals surface area contributed by atoms with Crippen molar-refractivity contribution < 1.29 is 14.6 Å². The molecule has 0 spiro atoms. The van der Waals surface area contributed by atoms with E-state index in [1.807, 2.05) is 6.07 Å². The Morgan fingerprint density at radius 2 is 2.33 bits per heavy atom. The van der Waals surface area contributed by atoms with Gasteiger partial charge in [-0.25, -0.2) is 0 Å². The molecule has 1 heterocycles. The smallest absolute Gasteiger partial charge is 0.159 e. The molecular formula is C17H23NO3. The second-order valence-corrected chi connectivity index (χ2v) is 6.34. The van der Waals surface area contributed by atoms with Crippen LogP contribution in [-0.2, 0) is 0 Å². The minimum atomic E-state index is -0.481. The van der Waals surface area contributed by atoms with Gasteiger partial charge in [-0.1, -0.05) is 12.1 Å². The number of nitrogens with zero attached hydrogens (tertiary/aromatic N) is 1. The zero-order chi connectivity index (χ0) is 14.8. The quantitative estimate of drug-likeness (QED) is 0.815. The van der Waals surface area contributed by atoms with Gasteiger partial charge in [0.05, 0.1) is 0 Å². The molecule has 1 aliphatic heterocycles. The van der Waals surface area contributed by atoms with Crippen molar-refractivity contribution in [1.29, 1.82) is 0 Å². The van der Waals surface area contributed by atoms with Crippen LogP contribution in [0.3, 0.4) is 0 Å². The molecule has 0 aromatic heterocycles. The zero-order valence-corrected chi connectivity index (χ0v) is 12.5. The molecule has 1 aromatic rings. The van der Waals surface area contributed by atoms with Gasteiger partial charge in [0.2, 0.25) is 0 Å². The summed E-state index contributed by atoms with van der Waals surface area (Å²) in [5.41, 5.74) is 0.638. The van der Waals surface area contributed by atoms with Crippen molar-refractivity contribution in [2.45, 2.75) is 38.3 Å². The van der Waals surface area contributed by atoms with Crippen LogP contribution in [0.4, 0.5) is 0 Å². The van der Waals surface area contributed by atoms with Crippen LogP contribution in [0.1, 0.15) is 36.5 Å². The van der Waals surface area contributed by atoms with Gasteiger partial charge in [-0.05, 0) is 44.2 Å². The molecule has 1 saturated carbocycles. The van der Waals surface area contributed by atoms with E-state index in [-0.39, 0.29) is 12.4 Å². The van der Waals surface area contributed by atoms with E-state index >= 15 is 0 Å². The molecule has 0 amide bonds. The highest BCUT2D eigenvalue weighted by Crippen LogP contribution is 2.37. The first kappa shape index (κ1) is 14.5. The zero-order valence-electron chi connectivity index (χ0n) is 12.5. The SMILES string of the molecule is CC(=O)c1cccc(OCC(O)CN2CC3CCC2C3)c1. The van der Waals surface area contributed by atoms with Gasteiger partial charge in [0.1, 0.15) is 18.5 Å². The normalized spacial score (nSPS) is 26.0. The number of Topliss-reactive ketones (excluding diaryl/α,β-unsaturated/α-hetero) is 1. The van der Waals surface area contributed by atoms with Crippen molar-refractivity contribution in [3.63, 3.8) is 0 Å². The molecule has 0 radical (unpaired) electrons. The van der Waals surface area contributed by atoms with Crippen LogP contribution < -0.4 is 4.74 Å². The third-order valence-electron chi connectivity index (χ3n) is 4.65. The molecule has 2 fully saturated rings. The molecule has 2 bridgehead atoms. The average molecular weight is 289 g/mol. The van der Waals surface area contributed by atoms with E-state index < -0.39 is 6.10 Å². The van der Waals surface area contributed by atoms with Crippen LogP contribution in [0.2, 0.25) is 0 Å².